The van der Waals surface area contributed by atoms with Crippen LogP contribution in [0.5, 0.6) is 0 Å². The molecule has 0 bridgehead atoms. The molecule has 1 aromatic carbocycles. The molecule has 0 atom stereocenters. The van der Waals surface area contributed by atoms with Gasteiger partial charge >= 0.3 is 0 Å². The lowest BCUT2D eigenvalue weighted by Gasteiger charge is -1.95. The predicted octanol–water partition coefficient (Wildman–Crippen LogP) is 2.14. The second kappa shape index (κ2) is 3.64. The molecule has 0 saturated heterocycles. The molecule has 0 aliphatic carbocycles. The average Bonchev–Trinajstić information content (AvgIpc) is 2.67. The van der Waals surface area contributed by atoms with Crippen LogP contribution < -0.4 is 0 Å². The fourth-order valence-electron chi connectivity index (χ4n) is 1.24. The van der Waals surface area contributed by atoms with Gasteiger partial charge in [-0.3, -0.25) is 0 Å². The molecule has 2 aromatic rings. The van der Waals surface area contributed by atoms with E-state index in [4.69, 9.17) is 9.52 Å². The molecular formula is C11H11NO2. The normalized spacial score (nSPS) is 10.4. The lowest BCUT2D eigenvalue weighted by molar-refractivity contribution is 0.240. The van der Waals surface area contributed by atoms with Crippen molar-refractivity contribution >= 4 is 0 Å². The van der Waals surface area contributed by atoms with Crippen LogP contribution in [0, 0.1) is 6.92 Å². The molecule has 0 aliphatic rings. The number of aryl methyl sites for hydroxylation is 1. The van der Waals surface area contributed by atoms with Gasteiger partial charge in [-0.2, -0.15) is 0 Å². The van der Waals surface area contributed by atoms with Gasteiger partial charge < -0.3 is 9.52 Å². The van der Waals surface area contributed by atoms with Gasteiger partial charge in [0.2, 0.25) is 5.89 Å². The van der Waals surface area contributed by atoms with Crippen LogP contribution >= 0.6 is 0 Å². The molecule has 0 radical (unpaired) electrons. The van der Waals surface area contributed by atoms with E-state index in [0.717, 1.165) is 11.3 Å². The predicted molar refractivity (Wildman–Crippen MR) is 52.6 cm³/mol. The van der Waals surface area contributed by atoms with Gasteiger partial charge in [-0.05, 0) is 6.92 Å². The van der Waals surface area contributed by atoms with Gasteiger partial charge in [0.15, 0.2) is 0 Å². The Morgan fingerprint density at radius 2 is 2.00 bits per heavy atom. The van der Waals surface area contributed by atoms with Crippen molar-refractivity contribution in [2.45, 2.75) is 13.5 Å². The number of rotatable bonds is 2. The molecule has 0 aliphatic heterocycles. The molecule has 1 N–H and O–H groups in total. The summed E-state index contributed by atoms with van der Waals surface area (Å²) < 4.78 is 5.04. The van der Waals surface area contributed by atoms with Gasteiger partial charge in [-0.15, -0.1) is 0 Å². The largest absolute Gasteiger partial charge is 0.446 e. The highest BCUT2D eigenvalue weighted by Gasteiger charge is 2.04. The first kappa shape index (κ1) is 8.97. The van der Waals surface area contributed by atoms with E-state index in [-0.39, 0.29) is 6.61 Å². The zero-order valence-corrected chi connectivity index (χ0v) is 7.90. The van der Waals surface area contributed by atoms with Crippen molar-refractivity contribution in [2.24, 2.45) is 0 Å². The molecule has 0 fully saturated rings. The summed E-state index contributed by atoms with van der Waals surface area (Å²) in [6, 6.07) is 7.99. The van der Waals surface area contributed by atoms with Crippen molar-refractivity contribution < 1.29 is 9.52 Å². The average molecular weight is 189 g/mol. The Balaban J connectivity index is 2.34. The molecule has 3 heteroatoms. The third kappa shape index (κ3) is 1.67. The molecule has 3 nitrogen and oxygen atoms in total. The molecule has 0 saturated carbocycles. The lowest BCUT2D eigenvalue weighted by Crippen LogP contribution is -1.82. The van der Waals surface area contributed by atoms with Crippen molar-refractivity contribution in [2.75, 3.05) is 0 Å². The van der Waals surface area contributed by atoms with Crippen LogP contribution in [-0.4, -0.2) is 10.1 Å². The number of nitrogens with zero attached hydrogens (tertiary/aromatic N) is 1. The number of hydrogen-bond acceptors (Lipinski definition) is 3. The summed E-state index contributed by atoms with van der Waals surface area (Å²) in [6.07, 6.45) is 1.55. The van der Waals surface area contributed by atoms with Crippen molar-refractivity contribution in [3.8, 4) is 11.3 Å². The van der Waals surface area contributed by atoms with Crippen LogP contribution in [0.4, 0.5) is 0 Å². The molecule has 72 valence electrons. The van der Waals surface area contributed by atoms with Crippen LogP contribution in [-0.2, 0) is 6.61 Å². The molecule has 2 rings (SSSR count). The van der Waals surface area contributed by atoms with E-state index >= 15 is 0 Å². The number of benzene rings is 1. The van der Waals surface area contributed by atoms with Crippen molar-refractivity contribution in [3.05, 3.63) is 42.0 Å². The minimum absolute atomic E-state index is 0.161. The maximum absolute atomic E-state index is 8.79. The maximum atomic E-state index is 8.79. The third-order valence-electron chi connectivity index (χ3n) is 2.03. The van der Waals surface area contributed by atoms with E-state index in [2.05, 4.69) is 4.98 Å². The van der Waals surface area contributed by atoms with Gasteiger partial charge in [0.1, 0.15) is 18.6 Å². The molecule has 1 heterocycles. The molecule has 0 unspecified atom stereocenters. The highest BCUT2D eigenvalue weighted by Crippen LogP contribution is 2.18. The SMILES string of the molecule is Cc1ccc(-c2coc(CO)n2)cc1. The standard InChI is InChI=1S/C11H11NO2/c1-8-2-4-9(5-3-8)10-7-14-11(6-13)12-10/h2-5,7,13H,6H2,1H3. The Morgan fingerprint density at radius 1 is 1.29 bits per heavy atom. The fraction of sp³-hybridized carbons (Fsp3) is 0.182. The highest BCUT2D eigenvalue weighted by atomic mass is 16.4. The Hall–Kier alpha value is -1.61. The summed E-state index contributed by atoms with van der Waals surface area (Å²) in [4.78, 5) is 4.11. The molecular weight excluding hydrogens is 178 g/mol. The Kier molecular flexibility index (Phi) is 2.33. The van der Waals surface area contributed by atoms with E-state index in [0.29, 0.717) is 5.89 Å². The van der Waals surface area contributed by atoms with Gasteiger partial charge in [-0.1, -0.05) is 29.8 Å². The Morgan fingerprint density at radius 3 is 2.57 bits per heavy atom. The first-order chi connectivity index (χ1) is 6.79. The highest BCUT2D eigenvalue weighted by molar-refractivity contribution is 5.58. The van der Waals surface area contributed by atoms with E-state index in [1.54, 1.807) is 6.26 Å². The monoisotopic (exact) mass is 189 g/mol. The zero-order chi connectivity index (χ0) is 9.97. The quantitative estimate of drug-likeness (QED) is 0.787. The molecule has 1 aromatic heterocycles. The van der Waals surface area contributed by atoms with E-state index in [1.165, 1.54) is 5.56 Å². The van der Waals surface area contributed by atoms with Crippen LogP contribution in [0.2, 0.25) is 0 Å². The van der Waals surface area contributed by atoms with Crippen LogP contribution in [0.15, 0.2) is 34.9 Å². The van der Waals surface area contributed by atoms with E-state index < -0.39 is 0 Å². The number of hydrogen-bond donors (Lipinski definition) is 1. The van der Waals surface area contributed by atoms with Gasteiger partial charge in [0, 0.05) is 5.56 Å². The molecule has 0 amide bonds. The van der Waals surface area contributed by atoms with Crippen LogP contribution in [0.1, 0.15) is 11.5 Å². The summed E-state index contributed by atoms with van der Waals surface area (Å²) in [6.45, 7) is 1.87. The van der Waals surface area contributed by atoms with Gasteiger partial charge in [0.25, 0.3) is 0 Å². The Bertz CT molecular complexity index is 417. The lowest BCUT2D eigenvalue weighted by atomic mass is 10.1. The van der Waals surface area contributed by atoms with Crippen molar-refractivity contribution in [3.63, 3.8) is 0 Å². The van der Waals surface area contributed by atoms with Crippen LogP contribution in [0.25, 0.3) is 11.3 Å². The van der Waals surface area contributed by atoms with E-state index in [1.807, 2.05) is 31.2 Å². The number of aliphatic hydroxyl groups is 1. The maximum Gasteiger partial charge on any atom is 0.220 e. The summed E-state index contributed by atoms with van der Waals surface area (Å²) in [7, 11) is 0. The van der Waals surface area contributed by atoms with Crippen LogP contribution in [0.3, 0.4) is 0 Å². The van der Waals surface area contributed by atoms with Crippen molar-refractivity contribution in [1.82, 2.24) is 4.98 Å². The minimum Gasteiger partial charge on any atom is -0.446 e. The summed E-state index contributed by atoms with van der Waals surface area (Å²) in [5.74, 6) is 0.348. The second-order valence-corrected chi connectivity index (χ2v) is 3.15. The van der Waals surface area contributed by atoms with Gasteiger partial charge in [0.05, 0.1) is 0 Å². The first-order valence-electron chi connectivity index (χ1n) is 4.42. The van der Waals surface area contributed by atoms with Crippen molar-refractivity contribution in [1.29, 1.82) is 0 Å². The number of oxazole rings is 1. The summed E-state index contributed by atoms with van der Waals surface area (Å²) in [5.41, 5.74) is 2.97. The Labute approximate surface area is 82.0 Å². The number of aliphatic hydroxyl groups excluding tert-OH is 1. The summed E-state index contributed by atoms with van der Waals surface area (Å²) >= 11 is 0. The topological polar surface area (TPSA) is 46.3 Å². The fourth-order valence-corrected chi connectivity index (χ4v) is 1.24. The van der Waals surface area contributed by atoms with E-state index in [9.17, 15) is 0 Å². The second-order valence-electron chi connectivity index (χ2n) is 3.15. The number of aromatic nitrogens is 1. The summed E-state index contributed by atoms with van der Waals surface area (Å²) in [5, 5.41) is 8.79. The smallest absolute Gasteiger partial charge is 0.220 e. The molecule has 14 heavy (non-hydrogen) atoms. The zero-order valence-electron chi connectivity index (χ0n) is 7.90. The third-order valence-corrected chi connectivity index (χ3v) is 2.03. The first-order valence-corrected chi connectivity index (χ1v) is 4.42. The molecule has 0 spiro atoms. The minimum atomic E-state index is -0.161. The van der Waals surface area contributed by atoms with Gasteiger partial charge in [-0.25, -0.2) is 4.98 Å².